The van der Waals surface area contributed by atoms with Gasteiger partial charge in [-0.25, -0.2) is 0 Å². The summed E-state index contributed by atoms with van der Waals surface area (Å²) in [5.41, 5.74) is 0.364. The quantitative estimate of drug-likeness (QED) is 0.697. The number of nitrogens with zero attached hydrogens (tertiary/aromatic N) is 1. The number of nitrogens with one attached hydrogen (secondary N) is 1. The normalized spacial score (nSPS) is 34.6. The SMILES string of the molecule is CC(C)CCOCCN1CC(C)(C2CC2)NCC1C1CC1. The second kappa shape index (κ2) is 6.55. The van der Waals surface area contributed by atoms with E-state index in [1.54, 1.807) is 0 Å². The molecule has 0 radical (unpaired) electrons. The summed E-state index contributed by atoms with van der Waals surface area (Å²) in [6.45, 7) is 12.4. The maximum Gasteiger partial charge on any atom is 0.0593 e. The fraction of sp³-hybridized carbons (Fsp3) is 1.00. The minimum Gasteiger partial charge on any atom is -0.380 e. The predicted octanol–water partition coefficient (Wildman–Crippen LogP) is 2.90. The van der Waals surface area contributed by atoms with Gasteiger partial charge in [0.2, 0.25) is 0 Å². The fourth-order valence-electron chi connectivity index (χ4n) is 3.85. The molecule has 1 heterocycles. The highest BCUT2D eigenvalue weighted by atomic mass is 16.5. The Morgan fingerprint density at radius 2 is 1.95 bits per heavy atom. The predicted molar refractivity (Wildman–Crippen MR) is 87.5 cm³/mol. The fourth-order valence-corrected chi connectivity index (χ4v) is 3.85. The van der Waals surface area contributed by atoms with Gasteiger partial charge in [0.05, 0.1) is 6.61 Å². The first-order valence-corrected chi connectivity index (χ1v) is 9.15. The lowest BCUT2D eigenvalue weighted by molar-refractivity contribution is 0.0293. The molecule has 1 N–H and O–H groups in total. The van der Waals surface area contributed by atoms with Crippen LogP contribution in [0.5, 0.6) is 0 Å². The molecule has 0 amide bonds. The standard InChI is InChI=1S/C18H34N2O/c1-14(2)8-10-21-11-9-20-13-18(3,16-6-7-16)19-12-17(20)15-4-5-15/h14-17,19H,4-13H2,1-3H3. The van der Waals surface area contributed by atoms with Crippen LogP contribution in [0.25, 0.3) is 0 Å². The molecule has 3 aliphatic rings. The summed E-state index contributed by atoms with van der Waals surface area (Å²) < 4.78 is 5.88. The van der Waals surface area contributed by atoms with Gasteiger partial charge in [-0.2, -0.15) is 0 Å². The van der Waals surface area contributed by atoms with Gasteiger partial charge in [-0.15, -0.1) is 0 Å². The van der Waals surface area contributed by atoms with E-state index in [4.69, 9.17) is 4.74 Å². The monoisotopic (exact) mass is 294 g/mol. The van der Waals surface area contributed by atoms with E-state index in [-0.39, 0.29) is 0 Å². The first-order valence-electron chi connectivity index (χ1n) is 9.15. The zero-order chi connectivity index (χ0) is 14.9. The van der Waals surface area contributed by atoms with Crippen LogP contribution in [0.4, 0.5) is 0 Å². The van der Waals surface area contributed by atoms with Gasteiger partial charge in [-0.1, -0.05) is 13.8 Å². The molecule has 122 valence electrons. The Balaban J connectivity index is 1.46. The largest absolute Gasteiger partial charge is 0.380 e. The molecular formula is C18H34N2O. The molecule has 2 saturated carbocycles. The van der Waals surface area contributed by atoms with Crippen LogP contribution in [-0.4, -0.2) is 49.3 Å². The molecule has 2 atom stereocenters. The average molecular weight is 294 g/mol. The Labute approximate surface area is 130 Å². The van der Waals surface area contributed by atoms with Crippen LogP contribution < -0.4 is 5.32 Å². The van der Waals surface area contributed by atoms with Crippen LogP contribution in [0.2, 0.25) is 0 Å². The molecule has 0 aromatic heterocycles. The molecule has 0 aromatic rings. The maximum absolute atomic E-state index is 5.88. The number of hydrogen-bond acceptors (Lipinski definition) is 3. The third-order valence-electron chi connectivity index (χ3n) is 5.72. The molecule has 0 bridgehead atoms. The molecule has 2 aliphatic carbocycles. The summed E-state index contributed by atoms with van der Waals surface area (Å²) in [7, 11) is 0. The Kier molecular flexibility index (Phi) is 4.92. The zero-order valence-electron chi connectivity index (χ0n) is 14.2. The highest BCUT2D eigenvalue weighted by molar-refractivity contribution is 5.06. The first kappa shape index (κ1) is 15.8. The number of hydrogen-bond donors (Lipinski definition) is 1. The van der Waals surface area contributed by atoms with Crippen LogP contribution in [0.1, 0.15) is 52.9 Å². The summed E-state index contributed by atoms with van der Waals surface area (Å²) in [4.78, 5) is 2.75. The van der Waals surface area contributed by atoms with Gasteiger partial charge < -0.3 is 10.1 Å². The van der Waals surface area contributed by atoms with Crippen LogP contribution in [0.15, 0.2) is 0 Å². The molecule has 1 saturated heterocycles. The third kappa shape index (κ3) is 4.20. The second-order valence-corrected chi connectivity index (χ2v) is 8.24. The van der Waals surface area contributed by atoms with E-state index < -0.39 is 0 Å². The van der Waals surface area contributed by atoms with E-state index in [0.29, 0.717) is 5.54 Å². The average Bonchev–Trinajstić information content (AvgIpc) is 3.28. The lowest BCUT2D eigenvalue weighted by atomic mass is 9.90. The maximum atomic E-state index is 5.88. The first-order chi connectivity index (χ1) is 10.1. The van der Waals surface area contributed by atoms with E-state index in [9.17, 15) is 0 Å². The number of ether oxygens (including phenoxy) is 1. The zero-order valence-corrected chi connectivity index (χ0v) is 14.2. The molecule has 3 nitrogen and oxygen atoms in total. The topological polar surface area (TPSA) is 24.5 Å². The Bertz CT molecular complexity index is 338. The number of piperazine rings is 1. The summed E-state index contributed by atoms with van der Waals surface area (Å²) >= 11 is 0. The molecule has 0 spiro atoms. The van der Waals surface area contributed by atoms with Gasteiger partial charge in [0.1, 0.15) is 0 Å². The van der Waals surface area contributed by atoms with Crippen molar-refractivity contribution in [2.45, 2.75) is 64.5 Å². The van der Waals surface area contributed by atoms with Gasteiger partial charge in [0.25, 0.3) is 0 Å². The van der Waals surface area contributed by atoms with Crippen molar-refractivity contribution in [3.8, 4) is 0 Å². The van der Waals surface area contributed by atoms with Crippen molar-refractivity contribution in [1.82, 2.24) is 10.2 Å². The minimum atomic E-state index is 0.364. The molecule has 1 aliphatic heterocycles. The van der Waals surface area contributed by atoms with E-state index >= 15 is 0 Å². The Hall–Kier alpha value is -0.120. The van der Waals surface area contributed by atoms with Crippen molar-refractivity contribution in [2.75, 3.05) is 32.8 Å². The molecule has 3 rings (SSSR count). The third-order valence-corrected chi connectivity index (χ3v) is 5.72. The molecular weight excluding hydrogens is 260 g/mol. The molecule has 2 unspecified atom stereocenters. The lowest BCUT2D eigenvalue weighted by Crippen LogP contribution is -2.64. The van der Waals surface area contributed by atoms with Gasteiger partial charge >= 0.3 is 0 Å². The summed E-state index contributed by atoms with van der Waals surface area (Å²) in [6.07, 6.45) is 6.93. The van der Waals surface area contributed by atoms with Gasteiger partial charge in [0, 0.05) is 37.8 Å². The summed E-state index contributed by atoms with van der Waals surface area (Å²) in [6, 6.07) is 0.769. The molecule has 3 heteroatoms. The second-order valence-electron chi connectivity index (χ2n) is 8.24. The van der Waals surface area contributed by atoms with E-state index in [2.05, 4.69) is 31.0 Å². The van der Waals surface area contributed by atoms with Crippen molar-refractivity contribution >= 4 is 0 Å². The van der Waals surface area contributed by atoms with Gasteiger partial charge in [-0.3, -0.25) is 4.90 Å². The molecule has 21 heavy (non-hydrogen) atoms. The minimum absolute atomic E-state index is 0.364. The lowest BCUT2D eigenvalue weighted by Gasteiger charge is -2.47. The van der Waals surface area contributed by atoms with Crippen LogP contribution in [0.3, 0.4) is 0 Å². The number of rotatable bonds is 8. The van der Waals surface area contributed by atoms with E-state index in [0.717, 1.165) is 43.6 Å². The Morgan fingerprint density at radius 1 is 1.19 bits per heavy atom. The van der Waals surface area contributed by atoms with E-state index in [1.165, 1.54) is 45.2 Å². The van der Waals surface area contributed by atoms with Crippen LogP contribution >= 0.6 is 0 Å². The van der Waals surface area contributed by atoms with Gasteiger partial charge in [-0.05, 0) is 56.8 Å². The highest BCUT2D eigenvalue weighted by Gasteiger charge is 2.48. The summed E-state index contributed by atoms with van der Waals surface area (Å²) in [5, 5.41) is 3.89. The summed E-state index contributed by atoms with van der Waals surface area (Å²) in [5.74, 6) is 2.63. The van der Waals surface area contributed by atoms with Crippen LogP contribution in [-0.2, 0) is 4.74 Å². The Morgan fingerprint density at radius 3 is 2.57 bits per heavy atom. The smallest absolute Gasteiger partial charge is 0.0593 e. The van der Waals surface area contributed by atoms with Crippen molar-refractivity contribution in [2.24, 2.45) is 17.8 Å². The highest BCUT2D eigenvalue weighted by Crippen LogP contribution is 2.44. The van der Waals surface area contributed by atoms with E-state index in [1.807, 2.05) is 0 Å². The van der Waals surface area contributed by atoms with Crippen LogP contribution in [0, 0.1) is 17.8 Å². The molecule has 0 aromatic carbocycles. The van der Waals surface area contributed by atoms with Crippen molar-refractivity contribution in [3.05, 3.63) is 0 Å². The van der Waals surface area contributed by atoms with Crippen molar-refractivity contribution in [3.63, 3.8) is 0 Å². The van der Waals surface area contributed by atoms with Gasteiger partial charge in [0.15, 0.2) is 0 Å². The van der Waals surface area contributed by atoms with Crippen molar-refractivity contribution < 1.29 is 4.74 Å². The van der Waals surface area contributed by atoms with Crippen molar-refractivity contribution in [1.29, 1.82) is 0 Å². The molecule has 3 fully saturated rings.